The minimum absolute atomic E-state index is 0.281. The van der Waals surface area contributed by atoms with Crippen molar-refractivity contribution in [2.24, 2.45) is 0 Å². The van der Waals surface area contributed by atoms with Crippen LogP contribution in [0.25, 0.3) is 0 Å². The Morgan fingerprint density at radius 1 is 0.667 bits per heavy atom. The molecule has 114 valence electrons. The number of aryl methyl sites for hydroxylation is 4. The Morgan fingerprint density at radius 2 is 0.905 bits per heavy atom. The summed E-state index contributed by atoms with van der Waals surface area (Å²) in [5, 5.41) is 19.8. The topological polar surface area (TPSA) is 40.5 Å². The first kappa shape index (κ1) is 16.8. The molecule has 0 saturated heterocycles. The van der Waals surface area contributed by atoms with E-state index in [2.05, 4.69) is 0 Å². The van der Waals surface area contributed by atoms with E-state index in [0.717, 1.165) is 29.5 Å². The fourth-order valence-electron chi connectivity index (χ4n) is 2.26. The van der Waals surface area contributed by atoms with Crippen LogP contribution in [0.2, 0.25) is 0 Å². The van der Waals surface area contributed by atoms with Gasteiger partial charge in [-0.2, -0.15) is 0 Å². The first-order chi connectivity index (χ1) is 9.64. The van der Waals surface area contributed by atoms with Gasteiger partial charge in [0.05, 0.1) is 0 Å². The molecule has 21 heavy (non-hydrogen) atoms. The van der Waals surface area contributed by atoms with Gasteiger partial charge in [-0.05, 0) is 0 Å². The van der Waals surface area contributed by atoms with Crippen LogP contribution in [0.15, 0.2) is 24.3 Å². The average Bonchev–Trinajstić information content (AvgIpc) is 2.40. The first-order valence-electron chi connectivity index (χ1n) is 6.47. The van der Waals surface area contributed by atoms with Gasteiger partial charge < -0.3 is 0 Å². The van der Waals surface area contributed by atoms with Crippen molar-refractivity contribution in [1.82, 2.24) is 0 Å². The van der Waals surface area contributed by atoms with Crippen LogP contribution in [0, 0.1) is 27.7 Å². The average molecular weight is 441 g/mol. The second-order valence-electron chi connectivity index (χ2n) is 5.28. The second-order valence-corrected chi connectivity index (χ2v) is 17.9. The van der Waals surface area contributed by atoms with Gasteiger partial charge in [-0.25, -0.2) is 0 Å². The van der Waals surface area contributed by atoms with Gasteiger partial charge in [-0.1, -0.05) is 0 Å². The van der Waals surface area contributed by atoms with Gasteiger partial charge in [0, 0.05) is 0 Å². The summed E-state index contributed by atoms with van der Waals surface area (Å²) >= 11 is -3.52. The molecule has 2 nitrogen and oxygen atoms in total. The summed E-state index contributed by atoms with van der Waals surface area (Å²) in [6.07, 6.45) is 0. The molecule has 0 unspecified atom stereocenters. The molecule has 0 aliphatic carbocycles. The van der Waals surface area contributed by atoms with E-state index in [0.29, 0.717) is 0 Å². The molecular weight excluding hydrogens is 423 g/mol. The Hall–Kier alpha value is -0.590. The van der Waals surface area contributed by atoms with E-state index in [4.69, 9.17) is 17.9 Å². The monoisotopic (exact) mass is 442 g/mol. The van der Waals surface area contributed by atoms with Crippen molar-refractivity contribution >= 4 is 41.1 Å². The van der Waals surface area contributed by atoms with E-state index >= 15 is 0 Å². The predicted molar refractivity (Wildman–Crippen MR) is 91.9 cm³/mol. The van der Waals surface area contributed by atoms with E-state index in [-0.39, 0.29) is 11.5 Å². The molecule has 0 amide bonds. The molecule has 2 N–H and O–H groups in total. The number of benzene rings is 2. The van der Waals surface area contributed by atoms with E-state index in [1.54, 1.807) is 0 Å². The number of aromatic hydroxyl groups is 2. The van der Waals surface area contributed by atoms with Crippen LogP contribution >= 0.6 is 17.9 Å². The molecule has 0 radical (unpaired) electrons. The summed E-state index contributed by atoms with van der Waals surface area (Å²) in [5.74, 6) is 0.563. The van der Waals surface area contributed by atoms with Crippen molar-refractivity contribution in [3.05, 3.63) is 46.5 Å². The summed E-state index contributed by atoms with van der Waals surface area (Å²) in [5.41, 5.74) is 3.09. The first-order valence-corrected chi connectivity index (χ1v) is 14.7. The summed E-state index contributed by atoms with van der Waals surface area (Å²) in [7, 11) is 13.5. The molecule has 0 aliphatic heterocycles. The van der Waals surface area contributed by atoms with E-state index in [9.17, 15) is 10.2 Å². The Bertz CT molecular complexity index is 606. The molecule has 0 spiro atoms. The molecule has 0 aromatic heterocycles. The van der Waals surface area contributed by atoms with Gasteiger partial charge in [0.1, 0.15) is 0 Å². The van der Waals surface area contributed by atoms with Gasteiger partial charge in [0.25, 0.3) is 0 Å². The van der Waals surface area contributed by atoms with Gasteiger partial charge in [-0.15, -0.1) is 0 Å². The zero-order valence-electron chi connectivity index (χ0n) is 12.4. The molecule has 2 aromatic rings. The third-order valence-electron chi connectivity index (χ3n) is 3.52. The third-order valence-corrected chi connectivity index (χ3v) is 13.0. The number of phenolic OH excluding ortho intramolecular Hbond substituents is 2. The molecule has 5 heteroatoms. The molecular formula is C16H18Cl2O2Te. The zero-order chi connectivity index (χ0) is 15.9. The predicted octanol–water partition coefficient (Wildman–Crippen LogP) is 3.37. The number of phenols is 2. The molecule has 0 saturated carbocycles. The second kappa shape index (κ2) is 5.89. The van der Waals surface area contributed by atoms with Crippen LogP contribution in [0.1, 0.15) is 22.3 Å². The van der Waals surface area contributed by atoms with Crippen molar-refractivity contribution in [3.8, 4) is 11.5 Å². The number of hydrogen-bond donors (Lipinski definition) is 2. The van der Waals surface area contributed by atoms with Gasteiger partial charge in [-0.3, -0.25) is 0 Å². The summed E-state index contributed by atoms with van der Waals surface area (Å²) in [6, 6.07) is 7.45. The van der Waals surface area contributed by atoms with Gasteiger partial charge in [0.2, 0.25) is 0 Å². The number of hydrogen-bond acceptors (Lipinski definition) is 2. The fourth-order valence-corrected chi connectivity index (χ4v) is 9.14. The van der Waals surface area contributed by atoms with E-state index < -0.39 is 15.9 Å². The summed E-state index contributed by atoms with van der Waals surface area (Å²) in [6.45, 7) is 7.36. The maximum atomic E-state index is 9.89. The van der Waals surface area contributed by atoms with Gasteiger partial charge >= 0.3 is 137 Å². The van der Waals surface area contributed by atoms with Crippen LogP contribution in [0.5, 0.6) is 11.5 Å². The van der Waals surface area contributed by atoms with Gasteiger partial charge in [0.15, 0.2) is 0 Å². The van der Waals surface area contributed by atoms with Crippen LogP contribution in [-0.4, -0.2) is 26.2 Å². The maximum absolute atomic E-state index is 9.89. The van der Waals surface area contributed by atoms with Crippen LogP contribution < -0.4 is 7.22 Å². The van der Waals surface area contributed by atoms with E-state index in [1.165, 1.54) is 0 Å². The Morgan fingerprint density at radius 3 is 1.14 bits per heavy atom. The minimum atomic E-state index is -3.52. The number of rotatable bonds is 2. The Kier molecular flexibility index (Phi) is 4.71. The normalized spacial score (nSPS) is 12.5. The van der Waals surface area contributed by atoms with Crippen LogP contribution in [0.3, 0.4) is 0 Å². The van der Waals surface area contributed by atoms with Crippen LogP contribution in [0.4, 0.5) is 0 Å². The van der Waals surface area contributed by atoms with Crippen molar-refractivity contribution < 1.29 is 10.2 Å². The SMILES string of the molecule is Cc1cc([Te](Cl)(Cl)c2cc(C)c(O)c(C)c2)cc(C)c1O. The molecule has 0 fully saturated rings. The molecule has 0 aliphatic rings. The Balaban J connectivity index is 2.61. The Labute approximate surface area is 136 Å². The molecule has 0 heterocycles. The summed E-state index contributed by atoms with van der Waals surface area (Å²) < 4.78 is 1.77. The van der Waals surface area contributed by atoms with Crippen molar-refractivity contribution in [1.29, 1.82) is 0 Å². The zero-order valence-corrected chi connectivity index (χ0v) is 16.2. The van der Waals surface area contributed by atoms with Crippen LogP contribution in [-0.2, 0) is 0 Å². The van der Waals surface area contributed by atoms with Crippen molar-refractivity contribution in [2.75, 3.05) is 0 Å². The standard InChI is InChI=1S/C16H18Cl2O2Te/c1-9-5-13(6-10(2)15(9)19)21(17,18)14-7-11(3)16(20)12(4)8-14/h5-8,19-20H,1-4H3. The van der Waals surface area contributed by atoms with Crippen molar-refractivity contribution in [3.63, 3.8) is 0 Å². The quantitative estimate of drug-likeness (QED) is 0.703. The summed E-state index contributed by atoms with van der Waals surface area (Å²) in [4.78, 5) is 0. The third kappa shape index (κ3) is 3.12. The molecule has 0 atom stereocenters. The number of halogens is 2. The fraction of sp³-hybridized carbons (Fsp3) is 0.250. The molecule has 2 rings (SSSR count). The van der Waals surface area contributed by atoms with Crippen molar-refractivity contribution in [2.45, 2.75) is 27.7 Å². The molecule has 2 aromatic carbocycles. The molecule has 0 bridgehead atoms. The van der Waals surface area contributed by atoms with E-state index in [1.807, 2.05) is 52.0 Å².